The van der Waals surface area contributed by atoms with Gasteiger partial charge in [0.2, 0.25) is 0 Å². The zero-order chi connectivity index (χ0) is 33.5. The first-order chi connectivity index (χ1) is 25.3. The van der Waals surface area contributed by atoms with Crippen LogP contribution in [0.3, 0.4) is 0 Å². The Morgan fingerprint density at radius 3 is 1.65 bits per heavy atom. The Morgan fingerprint density at radius 1 is 0.333 bits per heavy atom. The maximum atomic E-state index is 6.77. The minimum atomic E-state index is 0.619. The topological polar surface area (TPSA) is 51.8 Å². The van der Waals surface area contributed by atoms with Gasteiger partial charge in [-0.15, -0.1) is 0 Å². The fourth-order valence-corrected chi connectivity index (χ4v) is 7.86. The van der Waals surface area contributed by atoms with Crippen LogP contribution in [0.15, 0.2) is 168 Å². The minimum Gasteiger partial charge on any atom is -0.455 e. The molecule has 4 heteroatoms. The van der Waals surface area contributed by atoms with Crippen molar-refractivity contribution in [1.29, 1.82) is 0 Å². The number of nitrogens with zero attached hydrogens (tertiary/aromatic N) is 3. The number of benzene rings is 9. The van der Waals surface area contributed by atoms with Crippen molar-refractivity contribution in [3.05, 3.63) is 164 Å². The Hall–Kier alpha value is -6.91. The van der Waals surface area contributed by atoms with E-state index in [4.69, 9.17) is 19.4 Å². The SMILES string of the molecule is c1ccc(-c2ccc(-c3nc(-c4ccccc4)nc(-c4cccc(-c5cc6ccc7cccc8c9cccc%10oc5c(c%109)c6c78)c4)n3)cc2)cc1. The van der Waals surface area contributed by atoms with E-state index in [9.17, 15) is 0 Å². The van der Waals surface area contributed by atoms with Crippen LogP contribution < -0.4 is 0 Å². The van der Waals surface area contributed by atoms with E-state index in [1.165, 1.54) is 48.7 Å². The molecular weight excluding hydrogens is 623 g/mol. The van der Waals surface area contributed by atoms with Crippen LogP contribution in [0.5, 0.6) is 0 Å². The summed E-state index contributed by atoms with van der Waals surface area (Å²) in [6, 6.07) is 57.2. The summed E-state index contributed by atoms with van der Waals surface area (Å²) in [5, 5.41) is 9.88. The van der Waals surface area contributed by atoms with E-state index in [2.05, 4.69) is 127 Å². The van der Waals surface area contributed by atoms with E-state index in [0.717, 1.165) is 44.5 Å². The number of fused-ring (bicyclic) bond motifs is 1. The van der Waals surface area contributed by atoms with Gasteiger partial charge in [0, 0.05) is 38.4 Å². The van der Waals surface area contributed by atoms with E-state index in [0.29, 0.717) is 17.5 Å². The van der Waals surface area contributed by atoms with E-state index in [1.54, 1.807) is 0 Å². The second-order valence-corrected chi connectivity index (χ2v) is 13.2. The van der Waals surface area contributed by atoms with Crippen LogP contribution in [-0.4, -0.2) is 15.0 Å². The quantitative estimate of drug-likeness (QED) is 0.138. The molecule has 0 aliphatic carbocycles. The lowest BCUT2D eigenvalue weighted by molar-refractivity contribution is 0.670. The first-order valence-electron chi connectivity index (χ1n) is 17.2. The fraction of sp³-hybridized carbons (Fsp3) is 0. The number of furan rings is 1. The highest BCUT2D eigenvalue weighted by molar-refractivity contribution is 6.40. The third-order valence-corrected chi connectivity index (χ3v) is 10.2. The summed E-state index contributed by atoms with van der Waals surface area (Å²) in [4.78, 5) is 15.1. The van der Waals surface area contributed by atoms with Gasteiger partial charge in [0.25, 0.3) is 0 Å². The molecule has 0 amide bonds. The van der Waals surface area contributed by atoms with Crippen LogP contribution in [0.4, 0.5) is 0 Å². The van der Waals surface area contributed by atoms with Gasteiger partial charge >= 0.3 is 0 Å². The minimum absolute atomic E-state index is 0.619. The molecule has 11 aromatic rings. The molecule has 0 fully saturated rings. The Labute approximate surface area is 293 Å². The Bertz CT molecular complexity index is 3060. The number of hydrogen-bond donors (Lipinski definition) is 0. The molecule has 0 aliphatic rings. The largest absolute Gasteiger partial charge is 0.455 e. The molecular formula is C47H27N3O. The zero-order valence-corrected chi connectivity index (χ0v) is 27.3. The lowest BCUT2D eigenvalue weighted by Gasteiger charge is -2.15. The molecule has 51 heavy (non-hydrogen) atoms. The van der Waals surface area contributed by atoms with Gasteiger partial charge in [0.1, 0.15) is 11.2 Å². The lowest BCUT2D eigenvalue weighted by Crippen LogP contribution is -2.00. The van der Waals surface area contributed by atoms with Crippen molar-refractivity contribution in [1.82, 2.24) is 15.0 Å². The molecule has 0 aliphatic heterocycles. The molecule has 0 N–H and O–H groups in total. The van der Waals surface area contributed by atoms with Gasteiger partial charge in [-0.25, -0.2) is 15.0 Å². The molecule has 2 heterocycles. The van der Waals surface area contributed by atoms with E-state index in [1.807, 2.05) is 36.4 Å². The van der Waals surface area contributed by atoms with Gasteiger partial charge in [0.05, 0.1) is 0 Å². The average Bonchev–Trinajstić information content (AvgIpc) is 3.61. The average molecular weight is 650 g/mol. The van der Waals surface area contributed by atoms with Crippen molar-refractivity contribution in [2.24, 2.45) is 0 Å². The van der Waals surface area contributed by atoms with E-state index >= 15 is 0 Å². The molecule has 9 aromatic carbocycles. The predicted molar refractivity (Wildman–Crippen MR) is 209 cm³/mol. The molecule has 0 saturated carbocycles. The highest BCUT2D eigenvalue weighted by Crippen LogP contribution is 2.49. The molecule has 0 radical (unpaired) electrons. The maximum absolute atomic E-state index is 6.77. The van der Waals surface area contributed by atoms with Gasteiger partial charge in [-0.2, -0.15) is 0 Å². The summed E-state index contributed by atoms with van der Waals surface area (Å²) < 4.78 is 6.77. The third kappa shape index (κ3) is 4.30. The standard InChI is InChI=1S/C47H27N3O/c1-3-10-28(11-4-1)29-20-23-32(24-21-29)46-48-45(31-12-5-2-6-13-31)49-47(50-46)35-16-7-15-33(26-35)38-27-34-25-22-30-14-8-17-36-37-18-9-19-39-42(37)43(44(38)51-39)41(34)40(30)36/h1-27H. The highest BCUT2D eigenvalue weighted by Gasteiger charge is 2.23. The van der Waals surface area contributed by atoms with Gasteiger partial charge in [-0.3, -0.25) is 0 Å². The second kappa shape index (κ2) is 10.8. The van der Waals surface area contributed by atoms with Crippen LogP contribution in [0.25, 0.3) is 111 Å². The molecule has 0 unspecified atom stereocenters. The van der Waals surface area contributed by atoms with Crippen molar-refractivity contribution >= 4 is 54.3 Å². The van der Waals surface area contributed by atoms with Crippen LogP contribution in [0.2, 0.25) is 0 Å². The van der Waals surface area contributed by atoms with Crippen molar-refractivity contribution < 1.29 is 4.42 Å². The van der Waals surface area contributed by atoms with Gasteiger partial charge in [-0.05, 0) is 61.8 Å². The fourth-order valence-electron chi connectivity index (χ4n) is 7.86. The summed E-state index contributed by atoms with van der Waals surface area (Å²) in [5.74, 6) is 1.89. The Morgan fingerprint density at radius 2 is 0.882 bits per heavy atom. The zero-order valence-electron chi connectivity index (χ0n) is 27.3. The van der Waals surface area contributed by atoms with Gasteiger partial charge in [0.15, 0.2) is 17.5 Å². The van der Waals surface area contributed by atoms with Crippen molar-refractivity contribution in [3.8, 4) is 56.4 Å². The molecule has 0 spiro atoms. The van der Waals surface area contributed by atoms with Crippen LogP contribution >= 0.6 is 0 Å². The summed E-state index contributed by atoms with van der Waals surface area (Å²) >= 11 is 0. The summed E-state index contributed by atoms with van der Waals surface area (Å²) in [6.07, 6.45) is 0. The smallest absolute Gasteiger partial charge is 0.164 e. The summed E-state index contributed by atoms with van der Waals surface area (Å²) in [7, 11) is 0. The van der Waals surface area contributed by atoms with Crippen molar-refractivity contribution in [2.75, 3.05) is 0 Å². The highest BCUT2D eigenvalue weighted by atomic mass is 16.3. The predicted octanol–water partition coefficient (Wildman–Crippen LogP) is 12.4. The first-order valence-corrected chi connectivity index (χ1v) is 17.2. The Kier molecular flexibility index (Phi) is 5.92. The molecule has 0 bridgehead atoms. The summed E-state index contributed by atoms with van der Waals surface area (Å²) in [6.45, 7) is 0. The third-order valence-electron chi connectivity index (χ3n) is 10.2. The monoisotopic (exact) mass is 649 g/mol. The maximum Gasteiger partial charge on any atom is 0.164 e. The number of hydrogen-bond acceptors (Lipinski definition) is 4. The first kappa shape index (κ1) is 28.0. The van der Waals surface area contributed by atoms with Crippen LogP contribution in [0.1, 0.15) is 0 Å². The van der Waals surface area contributed by atoms with E-state index < -0.39 is 0 Å². The second-order valence-electron chi connectivity index (χ2n) is 13.2. The van der Waals surface area contributed by atoms with Gasteiger partial charge < -0.3 is 4.42 Å². The normalized spacial score (nSPS) is 11.9. The van der Waals surface area contributed by atoms with Crippen LogP contribution in [-0.2, 0) is 0 Å². The lowest BCUT2D eigenvalue weighted by atomic mass is 9.87. The molecule has 11 rings (SSSR count). The molecule has 2 aromatic heterocycles. The molecule has 4 nitrogen and oxygen atoms in total. The molecule has 236 valence electrons. The van der Waals surface area contributed by atoms with Gasteiger partial charge in [-0.1, -0.05) is 146 Å². The number of rotatable bonds is 5. The van der Waals surface area contributed by atoms with Crippen LogP contribution in [0, 0.1) is 0 Å². The molecule has 0 saturated heterocycles. The van der Waals surface area contributed by atoms with E-state index in [-0.39, 0.29) is 0 Å². The van der Waals surface area contributed by atoms with Crippen molar-refractivity contribution in [3.63, 3.8) is 0 Å². The summed E-state index contributed by atoms with van der Waals surface area (Å²) in [5.41, 5.74) is 9.01. The molecule has 0 atom stereocenters. The Balaban J connectivity index is 1.10. The number of aromatic nitrogens is 3. The van der Waals surface area contributed by atoms with Crippen molar-refractivity contribution in [2.45, 2.75) is 0 Å².